The number of rotatable bonds is 2. The first-order valence-electron chi connectivity index (χ1n) is 5.25. The van der Waals surface area contributed by atoms with Gasteiger partial charge in [-0.05, 0) is 23.7 Å². The van der Waals surface area contributed by atoms with Crippen molar-refractivity contribution in [1.82, 2.24) is 19.6 Å². The van der Waals surface area contributed by atoms with Crippen LogP contribution >= 0.6 is 23.1 Å². The topological polar surface area (TPSA) is 80.7 Å². The number of hydrogen-bond donors (Lipinski definition) is 1. The van der Waals surface area contributed by atoms with Crippen LogP contribution in [0.5, 0.6) is 0 Å². The molecule has 0 aliphatic heterocycles. The van der Waals surface area contributed by atoms with Gasteiger partial charge >= 0.3 is 0 Å². The molecule has 0 radical (unpaired) electrons. The predicted octanol–water partition coefficient (Wildman–Crippen LogP) is 2.39. The lowest BCUT2D eigenvalue weighted by Crippen LogP contribution is -2.14. The summed E-state index contributed by atoms with van der Waals surface area (Å²) < 4.78 is 3.62. The summed E-state index contributed by atoms with van der Waals surface area (Å²) in [6, 6.07) is 7.26. The molecular weight excluding hydrogens is 286 g/mol. The summed E-state index contributed by atoms with van der Waals surface area (Å²) in [6.07, 6.45) is 0. The molecule has 3 aromatic rings. The highest BCUT2D eigenvalue weighted by molar-refractivity contribution is 7.03. The van der Waals surface area contributed by atoms with Gasteiger partial charge in [0.05, 0.1) is 11.0 Å². The minimum atomic E-state index is -0.416. The van der Waals surface area contributed by atoms with Gasteiger partial charge < -0.3 is 5.32 Å². The van der Waals surface area contributed by atoms with Gasteiger partial charge in [-0.3, -0.25) is 4.79 Å². The van der Waals surface area contributed by atoms with Crippen molar-refractivity contribution in [1.29, 1.82) is 0 Å². The second-order valence-corrected chi connectivity index (χ2v) is 4.56. The molecule has 0 saturated heterocycles. The van der Waals surface area contributed by atoms with Crippen molar-refractivity contribution in [2.24, 2.45) is 0 Å². The molecule has 0 unspecified atom stereocenters. The molecule has 0 atom stereocenters. The molecule has 3 rings (SSSR count). The number of nitrogens with zero attached hydrogens (tertiary/aromatic N) is 4. The quantitative estimate of drug-likeness (QED) is 0.784. The molecule has 0 aliphatic rings. The summed E-state index contributed by atoms with van der Waals surface area (Å²) in [4.78, 5) is 20.2. The van der Waals surface area contributed by atoms with Crippen LogP contribution in [0.1, 0.15) is 10.5 Å². The van der Waals surface area contributed by atoms with E-state index in [1.54, 1.807) is 12.1 Å². The van der Waals surface area contributed by atoms with Crippen LogP contribution in [0.2, 0.25) is 5.15 Å². The van der Waals surface area contributed by atoms with Gasteiger partial charge in [0.25, 0.3) is 5.91 Å². The Morgan fingerprint density at radius 2 is 1.95 bits per heavy atom. The number of fused-ring (bicyclic) bond motifs is 1. The zero-order valence-corrected chi connectivity index (χ0v) is 10.9. The highest BCUT2D eigenvalue weighted by Crippen LogP contribution is 2.21. The van der Waals surface area contributed by atoms with E-state index in [4.69, 9.17) is 11.6 Å². The normalized spacial score (nSPS) is 10.6. The van der Waals surface area contributed by atoms with E-state index in [-0.39, 0.29) is 16.7 Å². The molecule has 1 amide bonds. The van der Waals surface area contributed by atoms with E-state index in [0.29, 0.717) is 11.0 Å². The Balaban J connectivity index is 1.96. The molecule has 0 saturated carbocycles. The molecule has 0 bridgehead atoms. The minimum Gasteiger partial charge on any atom is -0.303 e. The van der Waals surface area contributed by atoms with E-state index in [9.17, 15) is 4.79 Å². The molecule has 8 heteroatoms. The molecule has 94 valence electrons. The number of para-hydroxylation sites is 2. The van der Waals surface area contributed by atoms with Gasteiger partial charge in [-0.25, -0.2) is 9.97 Å². The number of halogens is 1. The van der Waals surface area contributed by atoms with Gasteiger partial charge in [-0.15, -0.1) is 5.10 Å². The van der Waals surface area contributed by atoms with E-state index in [0.717, 1.165) is 11.5 Å². The van der Waals surface area contributed by atoms with Crippen LogP contribution in [-0.2, 0) is 0 Å². The molecule has 2 heterocycles. The van der Waals surface area contributed by atoms with Gasteiger partial charge in [-0.1, -0.05) is 28.2 Å². The zero-order valence-electron chi connectivity index (χ0n) is 9.37. The van der Waals surface area contributed by atoms with Crippen LogP contribution in [0.15, 0.2) is 29.6 Å². The highest BCUT2D eigenvalue weighted by atomic mass is 35.5. The van der Waals surface area contributed by atoms with Crippen LogP contribution < -0.4 is 5.32 Å². The van der Waals surface area contributed by atoms with E-state index < -0.39 is 5.91 Å². The van der Waals surface area contributed by atoms with Gasteiger partial charge in [0.1, 0.15) is 0 Å². The number of aromatic nitrogens is 4. The third-order valence-electron chi connectivity index (χ3n) is 2.35. The van der Waals surface area contributed by atoms with Crippen molar-refractivity contribution in [3.05, 3.63) is 40.5 Å². The van der Waals surface area contributed by atoms with E-state index in [1.807, 2.05) is 12.1 Å². The maximum Gasteiger partial charge on any atom is 0.278 e. The molecule has 0 spiro atoms. The van der Waals surface area contributed by atoms with Crippen LogP contribution in [0, 0.1) is 0 Å². The number of carbonyl (C=O) groups is 1. The fourth-order valence-electron chi connectivity index (χ4n) is 1.49. The van der Waals surface area contributed by atoms with E-state index in [2.05, 4.69) is 24.9 Å². The number of amides is 1. The standard InChI is InChI=1S/C11H6ClN5OS/c12-9-10(15-11(18)8-5-19-17-16-8)14-7-4-2-1-3-6(7)13-9/h1-5H,(H,14,15,18). The first kappa shape index (κ1) is 11.9. The highest BCUT2D eigenvalue weighted by Gasteiger charge is 2.13. The lowest BCUT2D eigenvalue weighted by Gasteiger charge is -2.05. The summed E-state index contributed by atoms with van der Waals surface area (Å²) in [5.74, 6) is -0.210. The maximum absolute atomic E-state index is 11.8. The largest absolute Gasteiger partial charge is 0.303 e. The summed E-state index contributed by atoms with van der Waals surface area (Å²) in [7, 11) is 0. The fraction of sp³-hybridized carbons (Fsp3) is 0. The van der Waals surface area contributed by atoms with Crippen molar-refractivity contribution >= 4 is 45.9 Å². The number of nitrogens with one attached hydrogen (secondary N) is 1. The number of anilines is 1. The van der Waals surface area contributed by atoms with Gasteiger partial charge in [-0.2, -0.15) is 0 Å². The first-order chi connectivity index (χ1) is 9.24. The Hall–Kier alpha value is -2.12. The van der Waals surface area contributed by atoms with Crippen LogP contribution in [0.4, 0.5) is 5.82 Å². The molecule has 0 fully saturated rings. The number of carbonyl (C=O) groups excluding carboxylic acids is 1. The Bertz CT molecular complexity index is 746. The molecule has 2 aromatic heterocycles. The fourth-order valence-corrected chi connectivity index (χ4v) is 2.11. The number of benzene rings is 1. The SMILES string of the molecule is O=C(Nc1nc2ccccc2nc1Cl)c1csnn1. The monoisotopic (exact) mass is 291 g/mol. The van der Waals surface area contributed by atoms with Crippen molar-refractivity contribution in [2.45, 2.75) is 0 Å². The minimum absolute atomic E-state index is 0.134. The maximum atomic E-state index is 11.8. The second-order valence-electron chi connectivity index (χ2n) is 3.60. The molecular formula is C11H6ClN5OS. The van der Waals surface area contributed by atoms with Gasteiger partial charge in [0.2, 0.25) is 0 Å². The summed E-state index contributed by atoms with van der Waals surface area (Å²) in [5, 5.41) is 7.91. The summed E-state index contributed by atoms with van der Waals surface area (Å²) >= 11 is 7.08. The van der Waals surface area contributed by atoms with Crippen molar-refractivity contribution in [3.63, 3.8) is 0 Å². The molecule has 6 nitrogen and oxygen atoms in total. The lowest BCUT2D eigenvalue weighted by atomic mass is 10.3. The molecule has 19 heavy (non-hydrogen) atoms. The van der Waals surface area contributed by atoms with Crippen LogP contribution in [0.3, 0.4) is 0 Å². The van der Waals surface area contributed by atoms with Crippen molar-refractivity contribution in [2.75, 3.05) is 5.32 Å². The zero-order chi connectivity index (χ0) is 13.2. The average molecular weight is 292 g/mol. The molecule has 1 N–H and O–H groups in total. The predicted molar refractivity (Wildman–Crippen MR) is 72.4 cm³/mol. The summed E-state index contributed by atoms with van der Waals surface area (Å²) in [6.45, 7) is 0. The van der Waals surface area contributed by atoms with Gasteiger partial charge in [0, 0.05) is 5.38 Å². The smallest absolute Gasteiger partial charge is 0.278 e. The summed E-state index contributed by atoms with van der Waals surface area (Å²) in [5.41, 5.74) is 1.54. The number of hydrogen-bond acceptors (Lipinski definition) is 6. The van der Waals surface area contributed by atoms with Crippen molar-refractivity contribution < 1.29 is 4.79 Å². The third kappa shape index (κ3) is 2.38. The van der Waals surface area contributed by atoms with Crippen LogP contribution in [0.25, 0.3) is 11.0 Å². The molecule has 1 aromatic carbocycles. The van der Waals surface area contributed by atoms with Gasteiger partial charge in [0.15, 0.2) is 16.7 Å². The molecule has 0 aliphatic carbocycles. The third-order valence-corrected chi connectivity index (χ3v) is 3.12. The lowest BCUT2D eigenvalue weighted by molar-refractivity contribution is 0.102. The Kier molecular flexibility index (Phi) is 3.06. The Morgan fingerprint density at radius 3 is 2.63 bits per heavy atom. The second kappa shape index (κ2) is 4.87. The Morgan fingerprint density at radius 1 is 1.21 bits per heavy atom. The van der Waals surface area contributed by atoms with Crippen LogP contribution in [-0.4, -0.2) is 25.5 Å². The average Bonchev–Trinajstić information content (AvgIpc) is 2.93. The first-order valence-corrected chi connectivity index (χ1v) is 6.46. The Labute approximate surface area is 116 Å². The van der Waals surface area contributed by atoms with E-state index >= 15 is 0 Å². The van der Waals surface area contributed by atoms with E-state index in [1.165, 1.54) is 5.38 Å². The van der Waals surface area contributed by atoms with Crippen molar-refractivity contribution in [3.8, 4) is 0 Å².